The summed E-state index contributed by atoms with van der Waals surface area (Å²) in [4.78, 5) is 43.0. The van der Waals surface area contributed by atoms with Crippen LogP contribution in [-0.2, 0) is 28.5 Å². The molecule has 8 heteroatoms. The predicted octanol–water partition coefficient (Wildman–Crippen LogP) is 1.17. The van der Waals surface area contributed by atoms with Crippen LogP contribution in [0.2, 0.25) is 0 Å². The molecule has 102 valence electrons. The maximum absolute atomic E-state index is 11.0. The summed E-state index contributed by atoms with van der Waals surface area (Å²) in [5.74, 6) is -1.49. The SMILES string of the molecule is COC(=O)OC(=O)CCCCC(=O)OC(=O)OC. The largest absolute Gasteiger partial charge is 0.515 e. The van der Waals surface area contributed by atoms with Crippen LogP contribution < -0.4 is 0 Å². The second kappa shape index (κ2) is 8.97. The molecule has 0 radical (unpaired) electrons. The molecule has 0 saturated carbocycles. The molecule has 0 aromatic carbocycles. The fourth-order valence-electron chi connectivity index (χ4n) is 0.910. The van der Waals surface area contributed by atoms with Crippen molar-refractivity contribution in [2.75, 3.05) is 14.2 Å². The van der Waals surface area contributed by atoms with Gasteiger partial charge in [-0.2, -0.15) is 0 Å². The highest BCUT2D eigenvalue weighted by Gasteiger charge is 2.12. The van der Waals surface area contributed by atoms with Gasteiger partial charge >= 0.3 is 24.2 Å². The molecule has 0 heterocycles. The molecule has 0 aromatic rings. The lowest BCUT2D eigenvalue weighted by molar-refractivity contribution is -0.141. The van der Waals surface area contributed by atoms with Gasteiger partial charge in [0.1, 0.15) is 0 Å². The van der Waals surface area contributed by atoms with Crippen molar-refractivity contribution in [3.8, 4) is 0 Å². The Kier molecular flexibility index (Phi) is 7.91. The molecule has 18 heavy (non-hydrogen) atoms. The molecule has 0 spiro atoms. The van der Waals surface area contributed by atoms with Crippen molar-refractivity contribution in [3.05, 3.63) is 0 Å². The maximum atomic E-state index is 11.0. The minimum atomic E-state index is -1.08. The van der Waals surface area contributed by atoms with Gasteiger partial charge in [-0.1, -0.05) is 0 Å². The normalized spacial score (nSPS) is 9.22. The van der Waals surface area contributed by atoms with Crippen molar-refractivity contribution in [3.63, 3.8) is 0 Å². The summed E-state index contributed by atoms with van der Waals surface area (Å²) in [6.45, 7) is 0. The summed E-state index contributed by atoms with van der Waals surface area (Å²) < 4.78 is 16.6. The zero-order valence-electron chi connectivity index (χ0n) is 10.1. The topological polar surface area (TPSA) is 105 Å². The Hall–Kier alpha value is -2.12. The average molecular weight is 262 g/mol. The van der Waals surface area contributed by atoms with Gasteiger partial charge < -0.3 is 18.9 Å². The van der Waals surface area contributed by atoms with Gasteiger partial charge in [0.05, 0.1) is 14.2 Å². The highest BCUT2D eigenvalue weighted by atomic mass is 16.7. The molecule has 0 aromatic heterocycles. The lowest BCUT2D eigenvalue weighted by Crippen LogP contribution is -2.13. The van der Waals surface area contributed by atoms with Crippen LogP contribution in [0.5, 0.6) is 0 Å². The lowest BCUT2D eigenvalue weighted by Gasteiger charge is -2.02. The van der Waals surface area contributed by atoms with Gasteiger partial charge in [0.15, 0.2) is 0 Å². The van der Waals surface area contributed by atoms with Crippen LogP contribution >= 0.6 is 0 Å². The molecule has 0 amide bonds. The van der Waals surface area contributed by atoms with Crippen LogP contribution in [0.15, 0.2) is 0 Å². The van der Waals surface area contributed by atoms with Crippen molar-refractivity contribution in [2.45, 2.75) is 25.7 Å². The van der Waals surface area contributed by atoms with Crippen molar-refractivity contribution in [1.29, 1.82) is 0 Å². The zero-order chi connectivity index (χ0) is 14.0. The summed E-state index contributed by atoms with van der Waals surface area (Å²) >= 11 is 0. The Bertz CT molecular complexity index is 290. The predicted molar refractivity (Wildman–Crippen MR) is 55.5 cm³/mol. The van der Waals surface area contributed by atoms with Gasteiger partial charge in [-0.05, 0) is 12.8 Å². The Morgan fingerprint density at radius 1 is 0.722 bits per heavy atom. The van der Waals surface area contributed by atoms with Crippen molar-refractivity contribution in [1.82, 2.24) is 0 Å². The number of methoxy groups -OCH3 is 2. The molecule has 0 unspecified atom stereocenters. The summed E-state index contributed by atoms with van der Waals surface area (Å²) in [5, 5.41) is 0. The van der Waals surface area contributed by atoms with Crippen LogP contribution in [0.4, 0.5) is 9.59 Å². The number of carbonyl (C=O) groups excluding carboxylic acids is 4. The minimum Gasteiger partial charge on any atom is -0.437 e. The van der Waals surface area contributed by atoms with E-state index in [1.54, 1.807) is 0 Å². The first-order chi connectivity index (χ1) is 8.49. The number of esters is 2. The lowest BCUT2D eigenvalue weighted by atomic mass is 10.2. The summed E-state index contributed by atoms with van der Waals surface area (Å²) in [5.41, 5.74) is 0. The van der Waals surface area contributed by atoms with Gasteiger partial charge in [0, 0.05) is 12.8 Å². The van der Waals surface area contributed by atoms with Crippen molar-refractivity contribution < 1.29 is 38.1 Å². The molecule has 0 aliphatic rings. The highest BCUT2D eigenvalue weighted by Crippen LogP contribution is 2.03. The van der Waals surface area contributed by atoms with Crippen LogP contribution in [0.3, 0.4) is 0 Å². The monoisotopic (exact) mass is 262 g/mol. The first-order valence-electron chi connectivity index (χ1n) is 5.06. The van der Waals surface area contributed by atoms with E-state index in [1.807, 2.05) is 0 Å². The summed E-state index contributed by atoms with van der Waals surface area (Å²) in [6.07, 6.45) is -1.62. The van der Waals surface area contributed by atoms with E-state index in [-0.39, 0.29) is 12.8 Å². The van der Waals surface area contributed by atoms with E-state index < -0.39 is 24.2 Å². The van der Waals surface area contributed by atoms with Gasteiger partial charge in [-0.3, -0.25) is 9.59 Å². The first kappa shape index (κ1) is 15.9. The molecule has 0 rings (SSSR count). The molecule has 0 saturated heterocycles. The third-order valence-corrected chi connectivity index (χ3v) is 1.74. The Balaban J connectivity index is 3.61. The van der Waals surface area contributed by atoms with E-state index in [9.17, 15) is 19.2 Å². The molecular weight excluding hydrogens is 248 g/mol. The molecule has 0 atom stereocenters. The van der Waals surface area contributed by atoms with E-state index in [0.29, 0.717) is 12.8 Å². The number of hydrogen-bond acceptors (Lipinski definition) is 8. The maximum Gasteiger partial charge on any atom is 0.515 e. The Morgan fingerprint density at radius 2 is 1.06 bits per heavy atom. The molecule has 0 aliphatic heterocycles. The number of carbonyl (C=O) groups is 4. The molecular formula is C10H14O8. The second-order valence-electron chi connectivity index (χ2n) is 3.06. The summed E-state index contributed by atoms with van der Waals surface area (Å²) in [6, 6.07) is 0. The quantitative estimate of drug-likeness (QED) is 0.413. The second-order valence-corrected chi connectivity index (χ2v) is 3.06. The molecule has 0 fully saturated rings. The van der Waals surface area contributed by atoms with E-state index in [0.717, 1.165) is 14.2 Å². The molecule has 0 N–H and O–H groups in total. The third-order valence-electron chi connectivity index (χ3n) is 1.74. The Morgan fingerprint density at radius 3 is 1.33 bits per heavy atom. The van der Waals surface area contributed by atoms with Crippen LogP contribution in [-0.4, -0.2) is 38.5 Å². The average Bonchev–Trinajstić information content (AvgIpc) is 2.34. The third kappa shape index (κ3) is 8.08. The number of rotatable bonds is 5. The molecule has 8 nitrogen and oxygen atoms in total. The number of ether oxygens (including phenoxy) is 4. The van der Waals surface area contributed by atoms with Crippen molar-refractivity contribution >= 4 is 24.2 Å². The van der Waals surface area contributed by atoms with Crippen LogP contribution in [0.1, 0.15) is 25.7 Å². The number of hydrogen-bond donors (Lipinski definition) is 0. The first-order valence-corrected chi connectivity index (χ1v) is 5.06. The minimum absolute atomic E-state index is 0.0411. The fourth-order valence-corrected chi connectivity index (χ4v) is 0.910. The highest BCUT2D eigenvalue weighted by molar-refractivity contribution is 5.82. The van der Waals surface area contributed by atoms with Gasteiger partial charge in [0.2, 0.25) is 0 Å². The van der Waals surface area contributed by atoms with Crippen molar-refractivity contribution in [2.24, 2.45) is 0 Å². The van der Waals surface area contributed by atoms with Gasteiger partial charge in [-0.25, -0.2) is 9.59 Å². The smallest absolute Gasteiger partial charge is 0.437 e. The van der Waals surface area contributed by atoms with E-state index in [2.05, 4.69) is 18.9 Å². The van der Waals surface area contributed by atoms with E-state index in [4.69, 9.17) is 0 Å². The fraction of sp³-hybridized carbons (Fsp3) is 0.600. The molecule has 0 bridgehead atoms. The van der Waals surface area contributed by atoms with Crippen LogP contribution in [0, 0.1) is 0 Å². The van der Waals surface area contributed by atoms with Crippen LogP contribution in [0.25, 0.3) is 0 Å². The number of unbranched alkanes of at least 4 members (excludes halogenated alkanes) is 1. The van der Waals surface area contributed by atoms with Gasteiger partial charge in [-0.15, -0.1) is 0 Å². The van der Waals surface area contributed by atoms with E-state index >= 15 is 0 Å². The molecule has 0 aliphatic carbocycles. The summed E-state index contributed by atoms with van der Waals surface area (Å²) in [7, 11) is 2.16. The van der Waals surface area contributed by atoms with Gasteiger partial charge in [0.25, 0.3) is 0 Å². The zero-order valence-corrected chi connectivity index (χ0v) is 10.1. The standard InChI is InChI=1S/C10H14O8/c1-15-9(13)17-7(11)5-3-4-6-8(12)18-10(14)16-2/h3-6H2,1-2H3. The van der Waals surface area contributed by atoms with E-state index in [1.165, 1.54) is 0 Å². The Labute approximate surface area is 103 Å².